The first-order valence-corrected chi connectivity index (χ1v) is 7.18. The molecule has 0 spiro atoms. The van der Waals surface area contributed by atoms with E-state index >= 15 is 0 Å². The molecule has 0 saturated heterocycles. The van der Waals surface area contributed by atoms with Gasteiger partial charge in [-0.15, -0.1) is 0 Å². The minimum absolute atomic E-state index is 0.0507. The molecule has 0 N–H and O–H groups in total. The van der Waals surface area contributed by atoms with Crippen LogP contribution in [0.5, 0.6) is 0 Å². The van der Waals surface area contributed by atoms with Gasteiger partial charge in [-0.2, -0.15) is 0 Å². The Hall–Kier alpha value is -1.76. The monoisotopic (exact) mass is 309 g/mol. The number of carbonyl (C=O) groups is 2. The largest absolute Gasteiger partial charge is 0.457 e. The Morgan fingerprint density at radius 1 is 0.909 bits per heavy atom. The van der Waals surface area contributed by atoms with Crippen molar-refractivity contribution in [2.75, 3.05) is 53.7 Å². The zero-order valence-corrected chi connectivity index (χ0v) is 13.1. The van der Waals surface area contributed by atoms with Gasteiger partial charge in [-0.25, -0.2) is 4.79 Å². The van der Waals surface area contributed by atoms with Crippen molar-refractivity contribution in [3.05, 3.63) is 35.9 Å². The second-order valence-electron chi connectivity index (χ2n) is 4.86. The number of ketones is 1. The van der Waals surface area contributed by atoms with Gasteiger partial charge >= 0.3 is 5.97 Å². The molecule has 122 valence electrons. The molecule has 22 heavy (non-hydrogen) atoms. The number of hydrogen-bond donors (Lipinski definition) is 0. The zero-order chi connectivity index (χ0) is 16.2. The van der Waals surface area contributed by atoms with E-state index in [1.807, 2.05) is 19.0 Å². The minimum atomic E-state index is -0.864. The molecular formula is C16H23NO5. The molecule has 0 aliphatic heterocycles. The van der Waals surface area contributed by atoms with E-state index in [-0.39, 0.29) is 13.2 Å². The lowest BCUT2D eigenvalue weighted by molar-refractivity contribution is -0.139. The Bertz CT molecular complexity index is 447. The van der Waals surface area contributed by atoms with E-state index in [9.17, 15) is 9.59 Å². The highest BCUT2D eigenvalue weighted by Gasteiger charge is 2.16. The highest BCUT2D eigenvalue weighted by Crippen LogP contribution is 2.01. The van der Waals surface area contributed by atoms with Gasteiger partial charge < -0.3 is 19.1 Å². The number of nitrogens with zero attached hydrogens (tertiary/aromatic N) is 1. The number of carbonyl (C=O) groups excluding carboxylic acids is 2. The summed E-state index contributed by atoms with van der Waals surface area (Å²) in [7, 11) is 3.95. The predicted octanol–water partition coefficient (Wildman–Crippen LogP) is 1.01. The lowest BCUT2D eigenvalue weighted by atomic mass is 10.1. The van der Waals surface area contributed by atoms with Gasteiger partial charge in [0.25, 0.3) is 5.78 Å². The topological polar surface area (TPSA) is 65.1 Å². The van der Waals surface area contributed by atoms with Crippen LogP contribution in [-0.2, 0) is 19.0 Å². The number of hydrogen-bond acceptors (Lipinski definition) is 6. The summed E-state index contributed by atoms with van der Waals surface area (Å²) >= 11 is 0. The van der Waals surface area contributed by atoms with Crippen LogP contribution in [0.4, 0.5) is 0 Å². The number of ether oxygens (including phenoxy) is 3. The van der Waals surface area contributed by atoms with Crippen LogP contribution >= 0.6 is 0 Å². The van der Waals surface area contributed by atoms with Crippen LogP contribution in [0.3, 0.4) is 0 Å². The molecule has 0 radical (unpaired) electrons. The standard InChI is InChI=1S/C16H23NO5/c1-17(2)8-9-20-10-11-21-12-13-22-16(19)15(18)14-6-4-3-5-7-14/h3-7H,8-13H2,1-2H3. The first-order chi connectivity index (χ1) is 10.6. The summed E-state index contributed by atoms with van der Waals surface area (Å²) in [6.45, 7) is 2.72. The maximum Gasteiger partial charge on any atom is 0.379 e. The highest BCUT2D eigenvalue weighted by atomic mass is 16.6. The second kappa shape index (κ2) is 10.9. The predicted molar refractivity (Wildman–Crippen MR) is 81.9 cm³/mol. The molecule has 0 amide bonds. The fourth-order valence-electron chi connectivity index (χ4n) is 1.54. The Kier molecular flexibility index (Phi) is 9.06. The second-order valence-corrected chi connectivity index (χ2v) is 4.86. The minimum Gasteiger partial charge on any atom is -0.457 e. The van der Waals surface area contributed by atoms with E-state index in [2.05, 4.69) is 0 Å². The average molecular weight is 309 g/mol. The van der Waals surface area contributed by atoms with Crippen molar-refractivity contribution in [2.45, 2.75) is 0 Å². The lowest BCUT2D eigenvalue weighted by Crippen LogP contribution is -2.21. The van der Waals surface area contributed by atoms with Gasteiger partial charge in [-0.05, 0) is 14.1 Å². The maximum atomic E-state index is 11.7. The van der Waals surface area contributed by atoms with Crippen LogP contribution in [-0.4, -0.2) is 70.3 Å². The molecule has 0 fully saturated rings. The van der Waals surface area contributed by atoms with Crippen molar-refractivity contribution in [1.82, 2.24) is 4.90 Å². The van der Waals surface area contributed by atoms with Gasteiger partial charge in [-0.1, -0.05) is 30.3 Å². The lowest BCUT2D eigenvalue weighted by Gasteiger charge is -2.10. The number of likely N-dealkylation sites (N-methyl/N-ethyl adjacent to an activating group) is 1. The van der Waals surface area contributed by atoms with Crippen LogP contribution in [0.1, 0.15) is 10.4 Å². The third-order valence-electron chi connectivity index (χ3n) is 2.74. The Labute approximate surface area is 131 Å². The molecule has 0 atom stereocenters. The van der Waals surface area contributed by atoms with Crippen LogP contribution in [0, 0.1) is 0 Å². The third-order valence-corrected chi connectivity index (χ3v) is 2.74. The summed E-state index contributed by atoms with van der Waals surface area (Å²) in [5.74, 6) is -1.51. The summed E-state index contributed by atoms with van der Waals surface area (Å²) in [6, 6.07) is 8.31. The molecule has 0 aliphatic rings. The molecular weight excluding hydrogens is 286 g/mol. The molecule has 0 aromatic heterocycles. The van der Waals surface area contributed by atoms with Gasteiger partial charge in [0, 0.05) is 12.1 Å². The van der Waals surface area contributed by atoms with Gasteiger partial charge in [0.2, 0.25) is 0 Å². The van der Waals surface area contributed by atoms with Gasteiger partial charge in [0.05, 0.1) is 26.4 Å². The van der Waals surface area contributed by atoms with Crippen LogP contribution in [0.25, 0.3) is 0 Å². The third kappa shape index (κ3) is 7.87. The van der Waals surface area contributed by atoms with Gasteiger partial charge in [0.15, 0.2) is 0 Å². The van der Waals surface area contributed by atoms with Crippen molar-refractivity contribution in [1.29, 1.82) is 0 Å². The summed E-state index contributed by atoms with van der Waals surface area (Å²) in [5.41, 5.74) is 0.322. The maximum absolute atomic E-state index is 11.7. The molecule has 1 aromatic carbocycles. The molecule has 0 aliphatic carbocycles. The van der Waals surface area contributed by atoms with Crippen molar-refractivity contribution in [3.8, 4) is 0 Å². The number of benzene rings is 1. The smallest absolute Gasteiger partial charge is 0.379 e. The number of rotatable bonds is 11. The van der Waals surface area contributed by atoms with Crippen LogP contribution in [0.2, 0.25) is 0 Å². The molecule has 0 saturated carbocycles. The van der Waals surface area contributed by atoms with E-state index in [1.54, 1.807) is 30.3 Å². The quantitative estimate of drug-likeness (QED) is 0.263. The summed E-state index contributed by atoms with van der Waals surface area (Å²) < 4.78 is 15.4. The fourth-order valence-corrected chi connectivity index (χ4v) is 1.54. The van der Waals surface area contributed by atoms with E-state index in [4.69, 9.17) is 14.2 Å². The molecule has 6 heteroatoms. The number of esters is 1. The van der Waals surface area contributed by atoms with E-state index < -0.39 is 11.8 Å². The molecule has 1 rings (SSSR count). The molecule has 0 unspecified atom stereocenters. The summed E-state index contributed by atoms with van der Waals surface area (Å²) in [6.07, 6.45) is 0. The molecule has 1 aromatic rings. The summed E-state index contributed by atoms with van der Waals surface area (Å²) in [5, 5.41) is 0. The van der Waals surface area contributed by atoms with Gasteiger partial charge in [0.1, 0.15) is 6.61 Å². The van der Waals surface area contributed by atoms with Crippen molar-refractivity contribution >= 4 is 11.8 Å². The van der Waals surface area contributed by atoms with E-state index in [0.29, 0.717) is 25.4 Å². The molecule has 0 heterocycles. The van der Waals surface area contributed by atoms with Gasteiger partial charge in [-0.3, -0.25) is 4.79 Å². The first kappa shape index (κ1) is 18.3. The molecule has 6 nitrogen and oxygen atoms in total. The van der Waals surface area contributed by atoms with Crippen molar-refractivity contribution in [3.63, 3.8) is 0 Å². The highest BCUT2D eigenvalue weighted by molar-refractivity contribution is 6.40. The summed E-state index contributed by atoms with van der Waals surface area (Å²) in [4.78, 5) is 25.3. The van der Waals surface area contributed by atoms with Crippen molar-refractivity contribution < 1.29 is 23.8 Å². The zero-order valence-electron chi connectivity index (χ0n) is 13.1. The van der Waals surface area contributed by atoms with E-state index in [0.717, 1.165) is 6.54 Å². The molecule has 0 bridgehead atoms. The van der Waals surface area contributed by atoms with Crippen LogP contribution < -0.4 is 0 Å². The Balaban J connectivity index is 2.03. The normalized spacial score (nSPS) is 10.7. The SMILES string of the molecule is CN(C)CCOCCOCCOC(=O)C(=O)c1ccccc1. The number of Topliss-reactive ketones (excluding diaryl/α,β-unsaturated/α-hetero) is 1. The van der Waals surface area contributed by atoms with E-state index in [1.165, 1.54) is 0 Å². The Morgan fingerprint density at radius 3 is 2.14 bits per heavy atom. The fraction of sp³-hybridized carbons (Fsp3) is 0.500. The van der Waals surface area contributed by atoms with Crippen molar-refractivity contribution in [2.24, 2.45) is 0 Å². The first-order valence-electron chi connectivity index (χ1n) is 7.18. The Morgan fingerprint density at radius 2 is 1.50 bits per heavy atom. The van der Waals surface area contributed by atoms with Crippen LogP contribution in [0.15, 0.2) is 30.3 Å². The average Bonchev–Trinajstić information content (AvgIpc) is 2.53.